The molecule has 144 valence electrons. The highest BCUT2D eigenvalue weighted by Gasteiger charge is 2.65. The standard InChI is InChI=1S/C18H27N3O4S/c1-12-19-15(20-25-12)18(7-4-5-8-18)21-26(23,24)11-17-9-6-13(10-14(17)22)16(17,2)3/h13,21H,4-11H2,1-3H3/t13-,17-/m0/s1. The lowest BCUT2D eigenvalue weighted by molar-refractivity contribution is -0.128. The fourth-order valence-corrected chi connectivity index (χ4v) is 7.90. The van der Waals surface area contributed by atoms with E-state index in [0.29, 0.717) is 43.3 Å². The van der Waals surface area contributed by atoms with Crippen molar-refractivity contribution in [2.45, 2.75) is 71.3 Å². The number of nitrogens with zero attached hydrogens (tertiary/aromatic N) is 2. The Bertz CT molecular complexity index is 838. The number of hydrogen-bond donors (Lipinski definition) is 1. The second kappa shape index (κ2) is 5.61. The normalized spacial score (nSPS) is 32.4. The van der Waals surface area contributed by atoms with Crippen molar-refractivity contribution in [2.24, 2.45) is 16.7 Å². The van der Waals surface area contributed by atoms with Crippen LogP contribution in [0.5, 0.6) is 0 Å². The molecule has 0 aliphatic heterocycles. The van der Waals surface area contributed by atoms with Gasteiger partial charge in [0.2, 0.25) is 15.9 Å². The van der Waals surface area contributed by atoms with Crippen molar-refractivity contribution < 1.29 is 17.7 Å². The van der Waals surface area contributed by atoms with Crippen molar-refractivity contribution >= 4 is 15.8 Å². The van der Waals surface area contributed by atoms with Gasteiger partial charge in [0.15, 0.2) is 5.82 Å². The van der Waals surface area contributed by atoms with Gasteiger partial charge in [0.05, 0.1) is 11.3 Å². The summed E-state index contributed by atoms with van der Waals surface area (Å²) >= 11 is 0. The molecular weight excluding hydrogens is 354 g/mol. The maximum atomic E-state index is 13.2. The van der Waals surface area contributed by atoms with E-state index in [9.17, 15) is 13.2 Å². The van der Waals surface area contributed by atoms with E-state index in [0.717, 1.165) is 19.3 Å². The smallest absolute Gasteiger partial charge is 0.223 e. The Morgan fingerprint density at radius 2 is 1.92 bits per heavy atom. The zero-order chi connectivity index (χ0) is 18.8. The predicted octanol–water partition coefficient (Wildman–Crippen LogP) is 2.46. The number of sulfonamides is 1. The second-order valence-corrected chi connectivity index (χ2v) is 10.7. The molecule has 0 unspecified atom stereocenters. The Morgan fingerprint density at radius 1 is 1.23 bits per heavy atom. The molecule has 1 heterocycles. The van der Waals surface area contributed by atoms with E-state index in [1.165, 1.54) is 0 Å². The molecule has 7 nitrogen and oxygen atoms in total. The summed E-state index contributed by atoms with van der Waals surface area (Å²) in [6.07, 6.45) is 5.23. The minimum atomic E-state index is -3.69. The van der Waals surface area contributed by atoms with E-state index >= 15 is 0 Å². The van der Waals surface area contributed by atoms with Gasteiger partial charge in [-0.25, -0.2) is 13.1 Å². The first kappa shape index (κ1) is 18.1. The molecule has 1 N–H and O–H groups in total. The van der Waals surface area contributed by atoms with Crippen molar-refractivity contribution in [3.05, 3.63) is 11.7 Å². The van der Waals surface area contributed by atoms with Crippen LogP contribution in [-0.4, -0.2) is 30.1 Å². The van der Waals surface area contributed by atoms with Crippen LogP contribution in [0.2, 0.25) is 0 Å². The maximum Gasteiger partial charge on any atom is 0.223 e. The molecule has 2 bridgehead atoms. The van der Waals surface area contributed by atoms with Gasteiger partial charge in [0.1, 0.15) is 5.78 Å². The minimum absolute atomic E-state index is 0.111. The molecular formula is C18H27N3O4S. The van der Waals surface area contributed by atoms with E-state index in [4.69, 9.17) is 4.52 Å². The molecule has 0 saturated heterocycles. The average molecular weight is 381 g/mol. The summed E-state index contributed by atoms with van der Waals surface area (Å²) in [5.41, 5.74) is -1.85. The van der Waals surface area contributed by atoms with Gasteiger partial charge in [0.25, 0.3) is 0 Å². The highest BCUT2D eigenvalue weighted by atomic mass is 32.2. The van der Waals surface area contributed by atoms with Crippen LogP contribution in [0, 0.1) is 23.7 Å². The Morgan fingerprint density at radius 3 is 2.42 bits per heavy atom. The molecule has 26 heavy (non-hydrogen) atoms. The third-order valence-electron chi connectivity index (χ3n) is 7.34. The van der Waals surface area contributed by atoms with Crippen LogP contribution in [0.3, 0.4) is 0 Å². The second-order valence-electron chi connectivity index (χ2n) is 8.95. The molecule has 1 aromatic rings. The fourth-order valence-electron chi connectivity index (χ4n) is 5.61. The van der Waals surface area contributed by atoms with Crippen molar-refractivity contribution in [2.75, 3.05) is 5.75 Å². The quantitative estimate of drug-likeness (QED) is 0.840. The lowest BCUT2D eigenvalue weighted by Crippen LogP contribution is -2.51. The molecule has 0 amide bonds. The third-order valence-corrected chi connectivity index (χ3v) is 8.91. The van der Waals surface area contributed by atoms with Crippen LogP contribution in [0.1, 0.15) is 70.5 Å². The van der Waals surface area contributed by atoms with E-state index < -0.39 is 21.0 Å². The van der Waals surface area contributed by atoms with Crippen LogP contribution < -0.4 is 4.72 Å². The summed E-state index contributed by atoms with van der Waals surface area (Å²) in [4.78, 5) is 17.0. The molecule has 3 saturated carbocycles. The Labute approximate surface area is 154 Å². The van der Waals surface area contributed by atoms with Gasteiger partial charge < -0.3 is 4.52 Å². The summed E-state index contributed by atoms with van der Waals surface area (Å²) < 4.78 is 34.4. The van der Waals surface area contributed by atoms with Gasteiger partial charge in [-0.1, -0.05) is 31.8 Å². The molecule has 0 aromatic carbocycles. The zero-order valence-corrected chi connectivity index (χ0v) is 16.5. The van der Waals surface area contributed by atoms with E-state index in [1.54, 1.807) is 6.92 Å². The van der Waals surface area contributed by atoms with E-state index in [1.807, 2.05) is 0 Å². The third kappa shape index (κ3) is 2.48. The van der Waals surface area contributed by atoms with Gasteiger partial charge in [-0.2, -0.15) is 4.98 Å². The molecule has 0 spiro atoms. The number of fused-ring (bicyclic) bond motifs is 2. The fraction of sp³-hybridized carbons (Fsp3) is 0.833. The number of ketones is 1. The molecule has 0 radical (unpaired) electrons. The lowest BCUT2D eigenvalue weighted by atomic mass is 9.70. The number of hydrogen-bond acceptors (Lipinski definition) is 6. The number of carbonyl (C=O) groups excluding carboxylic acids is 1. The number of rotatable bonds is 5. The first-order valence-electron chi connectivity index (χ1n) is 9.46. The molecule has 2 atom stereocenters. The maximum absolute atomic E-state index is 13.2. The monoisotopic (exact) mass is 381 g/mol. The number of aromatic nitrogens is 2. The number of Topliss-reactive ketones (excluding diaryl/α,β-unsaturated/α-hetero) is 1. The van der Waals surface area contributed by atoms with Crippen molar-refractivity contribution in [3.63, 3.8) is 0 Å². The van der Waals surface area contributed by atoms with Gasteiger partial charge in [-0.15, -0.1) is 0 Å². The van der Waals surface area contributed by atoms with Gasteiger partial charge >= 0.3 is 0 Å². The van der Waals surface area contributed by atoms with Gasteiger partial charge in [-0.3, -0.25) is 4.79 Å². The molecule has 4 rings (SSSR count). The van der Waals surface area contributed by atoms with Crippen LogP contribution in [-0.2, 0) is 20.4 Å². The molecule has 1 aromatic heterocycles. The highest BCUT2D eigenvalue weighted by molar-refractivity contribution is 7.89. The summed E-state index contributed by atoms with van der Waals surface area (Å²) in [6, 6.07) is 0. The highest BCUT2D eigenvalue weighted by Crippen LogP contribution is 2.64. The van der Waals surface area contributed by atoms with Crippen molar-refractivity contribution in [1.82, 2.24) is 14.9 Å². The molecule has 8 heteroatoms. The van der Waals surface area contributed by atoms with Crippen LogP contribution in [0.15, 0.2) is 4.52 Å². The van der Waals surface area contributed by atoms with Crippen LogP contribution >= 0.6 is 0 Å². The Balaban J connectivity index is 1.64. The van der Waals surface area contributed by atoms with Crippen LogP contribution in [0.25, 0.3) is 0 Å². The molecule has 3 aliphatic rings. The van der Waals surface area contributed by atoms with E-state index in [2.05, 4.69) is 28.7 Å². The summed E-state index contributed by atoms with van der Waals surface area (Å²) in [7, 11) is -3.69. The Hall–Kier alpha value is -1.28. The lowest BCUT2D eigenvalue weighted by Gasteiger charge is -2.37. The minimum Gasteiger partial charge on any atom is -0.340 e. The van der Waals surface area contributed by atoms with Crippen molar-refractivity contribution in [1.29, 1.82) is 0 Å². The molecule has 3 fully saturated rings. The summed E-state index contributed by atoms with van der Waals surface area (Å²) in [5.74, 6) is 1.11. The molecule has 3 aliphatic carbocycles. The number of carbonyl (C=O) groups is 1. The number of aryl methyl sites for hydroxylation is 1. The zero-order valence-electron chi connectivity index (χ0n) is 15.7. The topological polar surface area (TPSA) is 102 Å². The SMILES string of the molecule is Cc1nc(C2(NS(=O)(=O)C[C@@]34CC[C@@H](CC3=O)C4(C)C)CCCC2)no1. The van der Waals surface area contributed by atoms with E-state index in [-0.39, 0.29) is 17.0 Å². The average Bonchev–Trinajstić information content (AvgIpc) is 3.25. The van der Waals surface area contributed by atoms with Gasteiger partial charge in [-0.05, 0) is 37.0 Å². The van der Waals surface area contributed by atoms with Gasteiger partial charge in [0, 0.05) is 18.8 Å². The number of nitrogens with one attached hydrogen (secondary N) is 1. The largest absolute Gasteiger partial charge is 0.340 e. The first-order chi connectivity index (χ1) is 12.1. The predicted molar refractivity (Wildman–Crippen MR) is 94.7 cm³/mol. The van der Waals surface area contributed by atoms with Crippen LogP contribution in [0.4, 0.5) is 0 Å². The first-order valence-corrected chi connectivity index (χ1v) is 11.1. The summed E-state index contributed by atoms with van der Waals surface area (Å²) in [5, 5.41) is 4.00. The summed E-state index contributed by atoms with van der Waals surface area (Å²) in [6.45, 7) is 5.81. The Kier molecular flexibility index (Phi) is 3.91. The van der Waals surface area contributed by atoms with Crippen molar-refractivity contribution in [3.8, 4) is 0 Å².